The molecule has 122 valence electrons. The van der Waals surface area contributed by atoms with Gasteiger partial charge in [0.05, 0.1) is 18.6 Å². The number of aryl methyl sites for hydroxylation is 2. The lowest BCUT2D eigenvalue weighted by molar-refractivity contribution is 0.0945. The summed E-state index contributed by atoms with van der Waals surface area (Å²) in [6.07, 6.45) is 1.28. The molecule has 0 atom stereocenters. The maximum absolute atomic E-state index is 12.3. The fraction of sp³-hybridized carbons (Fsp3) is 0.176. The van der Waals surface area contributed by atoms with E-state index >= 15 is 0 Å². The first kappa shape index (κ1) is 15.7. The summed E-state index contributed by atoms with van der Waals surface area (Å²) < 4.78 is 0. The molecule has 2 aromatic heterocycles. The standard InChI is InChI=1S/C17H16N4O3/c1-9-5-10(2)16(23)15-12(9)3-4-13(21-15)17(24)18-7-11-6-14(22)20-8-19-11/h3-6,8,23H,7H2,1-2H3,(H,18,24)(H,19,20,22). The molecule has 0 aliphatic heterocycles. The zero-order valence-corrected chi connectivity index (χ0v) is 13.3. The first-order valence-corrected chi connectivity index (χ1v) is 7.37. The van der Waals surface area contributed by atoms with Gasteiger partial charge in [0.1, 0.15) is 17.0 Å². The lowest BCUT2D eigenvalue weighted by atomic mass is 10.0. The zero-order chi connectivity index (χ0) is 17.3. The van der Waals surface area contributed by atoms with E-state index in [1.54, 1.807) is 19.1 Å². The predicted octanol–water partition coefficient (Wildman–Crippen LogP) is 1.57. The van der Waals surface area contributed by atoms with Crippen LogP contribution in [0.15, 0.2) is 35.4 Å². The van der Waals surface area contributed by atoms with Crippen LogP contribution in [0.1, 0.15) is 27.3 Å². The summed E-state index contributed by atoms with van der Waals surface area (Å²) in [5, 5.41) is 13.6. The van der Waals surface area contributed by atoms with Crippen molar-refractivity contribution in [2.24, 2.45) is 0 Å². The lowest BCUT2D eigenvalue weighted by Gasteiger charge is -2.09. The third-order valence-corrected chi connectivity index (χ3v) is 3.75. The lowest BCUT2D eigenvalue weighted by Crippen LogP contribution is -2.25. The molecule has 24 heavy (non-hydrogen) atoms. The summed E-state index contributed by atoms with van der Waals surface area (Å²) in [4.78, 5) is 34.1. The van der Waals surface area contributed by atoms with Gasteiger partial charge in [-0.05, 0) is 31.0 Å². The van der Waals surface area contributed by atoms with Crippen LogP contribution >= 0.6 is 0 Å². The van der Waals surface area contributed by atoms with Crippen molar-refractivity contribution in [1.82, 2.24) is 20.3 Å². The molecule has 0 saturated carbocycles. The van der Waals surface area contributed by atoms with E-state index < -0.39 is 5.91 Å². The quantitative estimate of drug-likeness (QED) is 0.678. The van der Waals surface area contributed by atoms with Gasteiger partial charge in [0.2, 0.25) is 0 Å². The Morgan fingerprint density at radius 3 is 2.79 bits per heavy atom. The molecule has 3 aromatic rings. The molecule has 0 saturated heterocycles. The van der Waals surface area contributed by atoms with Crippen molar-refractivity contribution in [3.05, 3.63) is 63.5 Å². The highest BCUT2D eigenvalue weighted by Crippen LogP contribution is 2.29. The van der Waals surface area contributed by atoms with E-state index in [0.29, 0.717) is 16.8 Å². The number of aromatic hydroxyl groups is 1. The Morgan fingerprint density at radius 1 is 1.25 bits per heavy atom. The second kappa shape index (κ2) is 6.11. The van der Waals surface area contributed by atoms with E-state index in [-0.39, 0.29) is 23.5 Å². The van der Waals surface area contributed by atoms with Crippen molar-refractivity contribution < 1.29 is 9.90 Å². The third-order valence-electron chi connectivity index (χ3n) is 3.75. The van der Waals surface area contributed by atoms with Crippen LogP contribution in [0, 0.1) is 13.8 Å². The first-order valence-electron chi connectivity index (χ1n) is 7.37. The van der Waals surface area contributed by atoms with Crippen molar-refractivity contribution in [2.45, 2.75) is 20.4 Å². The van der Waals surface area contributed by atoms with Crippen molar-refractivity contribution in [1.29, 1.82) is 0 Å². The minimum absolute atomic E-state index is 0.0708. The minimum Gasteiger partial charge on any atom is -0.505 e. The maximum atomic E-state index is 12.3. The number of phenolic OH excluding ortho intramolecular Hbond substituents is 1. The molecule has 0 unspecified atom stereocenters. The number of carbonyl (C=O) groups is 1. The van der Waals surface area contributed by atoms with E-state index in [9.17, 15) is 14.7 Å². The summed E-state index contributed by atoms with van der Waals surface area (Å²) in [5.74, 6) is -0.334. The van der Waals surface area contributed by atoms with Crippen LogP contribution in [-0.2, 0) is 6.54 Å². The van der Waals surface area contributed by atoms with Gasteiger partial charge in [0.15, 0.2) is 0 Å². The summed E-state index contributed by atoms with van der Waals surface area (Å²) in [5.41, 5.74) is 2.43. The van der Waals surface area contributed by atoms with Crippen molar-refractivity contribution in [3.8, 4) is 5.75 Å². The van der Waals surface area contributed by atoms with Gasteiger partial charge in [-0.3, -0.25) is 9.59 Å². The molecular weight excluding hydrogens is 308 g/mol. The Bertz CT molecular complexity index is 995. The molecule has 7 nitrogen and oxygen atoms in total. The molecule has 0 bridgehead atoms. The van der Waals surface area contributed by atoms with Crippen LogP contribution in [-0.4, -0.2) is 26.0 Å². The third kappa shape index (κ3) is 2.96. The highest BCUT2D eigenvalue weighted by atomic mass is 16.3. The number of rotatable bonds is 3. The Hall–Kier alpha value is -3.22. The molecule has 3 N–H and O–H groups in total. The molecular formula is C17H16N4O3. The van der Waals surface area contributed by atoms with Gasteiger partial charge in [-0.1, -0.05) is 12.1 Å². The van der Waals surface area contributed by atoms with Crippen LogP contribution in [0.3, 0.4) is 0 Å². The van der Waals surface area contributed by atoms with E-state index in [1.165, 1.54) is 12.4 Å². The van der Waals surface area contributed by atoms with Crippen LogP contribution in [0.2, 0.25) is 0 Å². The summed E-state index contributed by atoms with van der Waals surface area (Å²) in [6, 6.07) is 6.55. The summed E-state index contributed by atoms with van der Waals surface area (Å²) in [7, 11) is 0. The topological polar surface area (TPSA) is 108 Å². The molecule has 0 fully saturated rings. The number of aromatic amines is 1. The molecule has 0 aliphatic rings. The number of pyridine rings is 1. The second-order valence-electron chi connectivity index (χ2n) is 5.54. The number of fused-ring (bicyclic) bond motifs is 1. The van der Waals surface area contributed by atoms with Crippen molar-refractivity contribution >= 4 is 16.8 Å². The number of H-pyrrole nitrogens is 1. The molecule has 0 spiro atoms. The minimum atomic E-state index is -0.405. The van der Waals surface area contributed by atoms with E-state index in [4.69, 9.17) is 0 Å². The fourth-order valence-corrected chi connectivity index (χ4v) is 2.51. The summed E-state index contributed by atoms with van der Waals surface area (Å²) >= 11 is 0. The average Bonchev–Trinajstić information content (AvgIpc) is 2.57. The highest BCUT2D eigenvalue weighted by Gasteiger charge is 2.13. The Kier molecular flexibility index (Phi) is 3.99. The number of nitrogens with one attached hydrogen (secondary N) is 2. The second-order valence-corrected chi connectivity index (χ2v) is 5.54. The van der Waals surface area contributed by atoms with Gasteiger partial charge in [0, 0.05) is 11.5 Å². The average molecular weight is 324 g/mol. The Morgan fingerprint density at radius 2 is 2.04 bits per heavy atom. The number of hydrogen-bond acceptors (Lipinski definition) is 5. The van der Waals surface area contributed by atoms with Crippen molar-refractivity contribution in [3.63, 3.8) is 0 Å². The number of amides is 1. The monoisotopic (exact) mass is 324 g/mol. The first-order chi connectivity index (χ1) is 11.5. The zero-order valence-electron chi connectivity index (χ0n) is 13.3. The van der Waals surface area contributed by atoms with Gasteiger partial charge in [0.25, 0.3) is 11.5 Å². The maximum Gasteiger partial charge on any atom is 0.270 e. The number of hydrogen-bond donors (Lipinski definition) is 3. The Balaban J connectivity index is 1.87. The normalized spacial score (nSPS) is 10.8. The van der Waals surface area contributed by atoms with Crippen LogP contribution in [0.4, 0.5) is 0 Å². The van der Waals surface area contributed by atoms with Crippen LogP contribution < -0.4 is 10.9 Å². The van der Waals surface area contributed by atoms with E-state index in [0.717, 1.165) is 10.9 Å². The Labute approximate surface area is 137 Å². The smallest absolute Gasteiger partial charge is 0.270 e. The summed E-state index contributed by atoms with van der Waals surface area (Å²) in [6.45, 7) is 3.82. The molecule has 1 aromatic carbocycles. The molecule has 0 radical (unpaired) electrons. The predicted molar refractivity (Wildman–Crippen MR) is 88.9 cm³/mol. The van der Waals surface area contributed by atoms with E-state index in [1.807, 2.05) is 13.0 Å². The SMILES string of the molecule is Cc1cc(C)c2ccc(C(=O)NCc3cc(=O)[nH]cn3)nc2c1O. The highest BCUT2D eigenvalue weighted by molar-refractivity contribution is 5.97. The van der Waals surface area contributed by atoms with Gasteiger partial charge >= 0.3 is 0 Å². The molecule has 3 rings (SSSR count). The number of phenols is 1. The number of benzene rings is 1. The fourth-order valence-electron chi connectivity index (χ4n) is 2.51. The molecule has 2 heterocycles. The van der Waals surface area contributed by atoms with Crippen LogP contribution in [0.5, 0.6) is 5.75 Å². The molecule has 0 aliphatic carbocycles. The largest absolute Gasteiger partial charge is 0.505 e. The van der Waals surface area contributed by atoms with Gasteiger partial charge in [-0.25, -0.2) is 9.97 Å². The van der Waals surface area contributed by atoms with Crippen LogP contribution in [0.25, 0.3) is 10.9 Å². The van der Waals surface area contributed by atoms with Gasteiger partial charge in [-0.15, -0.1) is 0 Å². The van der Waals surface area contributed by atoms with Crippen molar-refractivity contribution in [2.75, 3.05) is 0 Å². The number of carbonyl (C=O) groups excluding carboxylic acids is 1. The number of aromatic nitrogens is 3. The van der Waals surface area contributed by atoms with Gasteiger partial charge < -0.3 is 15.4 Å². The van der Waals surface area contributed by atoms with E-state index in [2.05, 4.69) is 20.3 Å². The van der Waals surface area contributed by atoms with Gasteiger partial charge in [-0.2, -0.15) is 0 Å². The number of nitrogens with zero attached hydrogens (tertiary/aromatic N) is 2. The molecule has 7 heteroatoms. The molecule has 1 amide bonds.